The molecule has 0 aromatic rings. The van der Waals surface area contributed by atoms with Crippen LogP contribution in [0.1, 0.15) is 33.1 Å². The van der Waals surface area contributed by atoms with Crippen molar-refractivity contribution in [1.29, 1.82) is 0 Å². The molecule has 4 nitrogen and oxygen atoms in total. The highest BCUT2D eigenvalue weighted by Crippen LogP contribution is 2.21. The third-order valence-corrected chi connectivity index (χ3v) is 4.89. The molecule has 1 N–H and O–H groups in total. The largest absolute Gasteiger partial charge is 0.389 e. The van der Waals surface area contributed by atoms with E-state index in [2.05, 4.69) is 0 Å². The zero-order valence-electron chi connectivity index (χ0n) is 8.86. The van der Waals surface area contributed by atoms with Crippen LogP contribution in [-0.4, -0.2) is 42.3 Å². The third kappa shape index (κ3) is 2.46. The first-order valence-corrected chi connectivity index (χ1v) is 6.74. The van der Waals surface area contributed by atoms with Gasteiger partial charge in [0.25, 0.3) is 0 Å². The van der Waals surface area contributed by atoms with E-state index in [0.717, 1.165) is 0 Å². The molecule has 0 spiro atoms. The average molecular weight is 221 g/mol. The van der Waals surface area contributed by atoms with E-state index < -0.39 is 15.6 Å². The molecule has 1 fully saturated rings. The lowest BCUT2D eigenvalue weighted by Gasteiger charge is -2.29. The summed E-state index contributed by atoms with van der Waals surface area (Å²) in [4.78, 5) is 0. The minimum Gasteiger partial charge on any atom is -0.389 e. The standard InChI is InChI=1S/C9H19NO3S/c1-3-9(11,4-2)8-10-6-5-7-14(10,12)13/h11H,3-8H2,1-2H3. The average Bonchev–Trinajstić information content (AvgIpc) is 2.46. The van der Waals surface area contributed by atoms with Gasteiger partial charge in [0, 0.05) is 13.1 Å². The Morgan fingerprint density at radius 2 is 1.93 bits per heavy atom. The monoisotopic (exact) mass is 221 g/mol. The molecule has 0 atom stereocenters. The number of nitrogens with zero attached hydrogens (tertiary/aromatic N) is 1. The van der Waals surface area contributed by atoms with Crippen molar-refractivity contribution in [3.05, 3.63) is 0 Å². The summed E-state index contributed by atoms with van der Waals surface area (Å²) in [6.07, 6.45) is 1.87. The fraction of sp³-hybridized carbons (Fsp3) is 1.00. The van der Waals surface area contributed by atoms with Crippen LogP contribution in [0.15, 0.2) is 0 Å². The van der Waals surface area contributed by atoms with E-state index in [4.69, 9.17) is 0 Å². The van der Waals surface area contributed by atoms with Crippen LogP contribution in [0.5, 0.6) is 0 Å². The predicted octanol–water partition coefficient (Wildman–Crippen LogP) is 0.573. The van der Waals surface area contributed by atoms with E-state index >= 15 is 0 Å². The normalized spacial score (nSPS) is 22.8. The molecule has 0 aromatic carbocycles. The first-order valence-electron chi connectivity index (χ1n) is 5.14. The van der Waals surface area contributed by atoms with E-state index in [9.17, 15) is 13.5 Å². The molecule has 14 heavy (non-hydrogen) atoms. The minimum absolute atomic E-state index is 0.233. The minimum atomic E-state index is -3.07. The summed E-state index contributed by atoms with van der Waals surface area (Å²) in [5.74, 6) is 0.233. The summed E-state index contributed by atoms with van der Waals surface area (Å²) >= 11 is 0. The molecule has 0 radical (unpaired) electrons. The number of β-amino-alcohol motifs (C(OH)–C–C–N with tert-alkyl or cyclic N) is 1. The maximum absolute atomic E-state index is 11.5. The highest BCUT2D eigenvalue weighted by atomic mass is 32.2. The number of rotatable bonds is 4. The molecule has 84 valence electrons. The smallest absolute Gasteiger partial charge is 0.214 e. The summed E-state index contributed by atoms with van der Waals surface area (Å²) in [5.41, 5.74) is -0.850. The molecule has 0 unspecified atom stereocenters. The molecule has 0 amide bonds. The molecular formula is C9H19NO3S. The van der Waals surface area contributed by atoms with Crippen LogP contribution in [-0.2, 0) is 10.0 Å². The number of hydrogen-bond donors (Lipinski definition) is 1. The Balaban J connectivity index is 2.68. The molecule has 1 heterocycles. The Labute approximate surface area is 86.0 Å². The number of hydrogen-bond acceptors (Lipinski definition) is 3. The molecule has 1 aliphatic heterocycles. The van der Waals surface area contributed by atoms with Crippen molar-refractivity contribution < 1.29 is 13.5 Å². The van der Waals surface area contributed by atoms with Gasteiger partial charge in [0.1, 0.15) is 0 Å². The molecule has 0 aliphatic carbocycles. The first kappa shape index (κ1) is 11.9. The van der Waals surface area contributed by atoms with Gasteiger partial charge in [-0.2, -0.15) is 4.31 Å². The van der Waals surface area contributed by atoms with Crippen molar-refractivity contribution in [3.63, 3.8) is 0 Å². The van der Waals surface area contributed by atoms with Gasteiger partial charge in [-0.05, 0) is 19.3 Å². The van der Waals surface area contributed by atoms with Gasteiger partial charge in [0.05, 0.1) is 11.4 Å². The van der Waals surface area contributed by atoms with Crippen LogP contribution in [0.4, 0.5) is 0 Å². The van der Waals surface area contributed by atoms with E-state index in [-0.39, 0.29) is 12.3 Å². The van der Waals surface area contributed by atoms with Crippen molar-refractivity contribution >= 4 is 10.0 Å². The molecule has 0 bridgehead atoms. The van der Waals surface area contributed by atoms with Crippen LogP contribution in [0.3, 0.4) is 0 Å². The lowest BCUT2D eigenvalue weighted by Crippen LogP contribution is -2.42. The van der Waals surface area contributed by atoms with Crippen LogP contribution in [0.25, 0.3) is 0 Å². The van der Waals surface area contributed by atoms with Crippen LogP contribution < -0.4 is 0 Å². The van der Waals surface area contributed by atoms with Gasteiger partial charge in [-0.3, -0.25) is 0 Å². The van der Waals surface area contributed by atoms with E-state index in [1.54, 1.807) is 0 Å². The van der Waals surface area contributed by atoms with E-state index in [1.807, 2.05) is 13.8 Å². The summed E-state index contributed by atoms with van der Waals surface area (Å²) < 4.78 is 24.4. The Kier molecular flexibility index (Phi) is 3.55. The van der Waals surface area contributed by atoms with Gasteiger partial charge < -0.3 is 5.11 Å². The van der Waals surface area contributed by atoms with Gasteiger partial charge in [-0.1, -0.05) is 13.8 Å². The topological polar surface area (TPSA) is 57.6 Å². The van der Waals surface area contributed by atoms with Crippen molar-refractivity contribution in [2.75, 3.05) is 18.8 Å². The quantitative estimate of drug-likeness (QED) is 0.755. The molecule has 0 aromatic heterocycles. The van der Waals surface area contributed by atoms with Gasteiger partial charge >= 0.3 is 0 Å². The number of sulfonamides is 1. The molecule has 1 rings (SSSR count). The Bertz CT molecular complexity index is 282. The second-order valence-electron chi connectivity index (χ2n) is 3.93. The SMILES string of the molecule is CCC(O)(CC)CN1CCCS1(=O)=O. The lowest BCUT2D eigenvalue weighted by atomic mass is 9.98. The maximum atomic E-state index is 11.5. The maximum Gasteiger partial charge on any atom is 0.214 e. The highest BCUT2D eigenvalue weighted by Gasteiger charge is 2.34. The number of aliphatic hydroxyl groups is 1. The van der Waals surface area contributed by atoms with Crippen molar-refractivity contribution in [2.24, 2.45) is 0 Å². The zero-order chi connectivity index (χ0) is 10.8. The Hall–Kier alpha value is -0.130. The van der Waals surface area contributed by atoms with Gasteiger partial charge in [-0.15, -0.1) is 0 Å². The molecule has 0 saturated carbocycles. The summed E-state index contributed by atoms with van der Waals surface area (Å²) in [7, 11) is -3.07. The van der Waals surface area contributed by atoms with Crippen LogP contribution in [0, 0.1) is 0 Å². The summed E-state index contributed by atoms with van der Waals surface area (Å²) in [6, 6.07) is 0. The van der Waals surface area contributed by atoms with E-state index in [1.165, 1.54) is 4.31 Å². The zero-order valence-corrected chi connectivity index (χ0v) is 9.68. The van der Waals surface area contributed by atoms with Crippen molar-refractivity contribution in [3.8, 4) is 0 Å². The highest BCUT2D eigenvalue weighted by molar-refractivity contribution is 7.89. The predicted molar refractivity (Wildman–Crippen MR) is 55.5 cm³/mol. The third-order valence-electron chi connectivity index (χ3n) is 2.99. The molecule has 1 aliphatic rings. The van der Waals surface area contributed by atoms with Crippen LogP contribution >= 0.6 is 0 Å². The first-order chi connectivity index (χ1) is 6.43. The van der Waals surface area contributed by atoms with Gasteiger partial charge in [0.15, 0.2) is 0 Å². The molecular weight excluding hydrogens is 202 g/mol. The Morgan fingerprint density at radius 3 is 2.29 bits per heavy atom. The van der Waals surface area contributed by atoms with Crippen LogP contribution in [0.2, 0.25) is 0 Å². The van der Waals surface area contributed by atoms with Crippen molar-refractivity contribution in [2.45, 2.75) is 38.7 Å². The van der Waals surface area contributed by atoms with E-state index in [0.29, 0.717) is 25.8 Å². The second-order valence-corrected chi connectivity index (χ2v) is 6.02. The Morgan fingerprint density at radius 1 is 1.36 bits per heavy atom. The van der Waals surface area contributed by atoms with Crippen molar-refractivity contribution in [1.82, 2.24) is 4.31 Å². The lowest BCUT2D eigenvalue weighted by molar-refractivity contribution is 0.0165. The fourth-order valence-electron chi connectivity index (χ4n) is 1.67. The molecule has 1 saturated heterocycles. The summed E-state index contributed by atoms with van der Waals surface area (Å²) in [5, 5.41) is 10.0. The second kappa shape index (κ2) is 4.16. The van der Waals surface area contributed by atoms with Gasteiger partial charge in [0.2, 0.25) is 10.0 Å². The molecule has 5 heteroatoms. The fourth-order valence-corrected chi connectivity index (χ4v) is 3.27. The van der Waals surface area contributed by atoms with Gasteiger partial charge in [-0.25, -0.2) is 8.42 Å². The summed E-state index contributed by atoms with van der Waals surface area (Å²) in [6.45, 7) is 4.57.